The Balaban J connectivity index is 3.37. The van der Waals surface area contributed by atoms with E-state index in [1.54, 1.807) is 6.08 Å². The summed E-state index contributed by atoms with van der Waals surface area (Å²) in [6, 6.07) is 6.03. The molecule has 0 aliphatic heterocycles. The van der Waals surface area contributed by atoms with Crippen LogP contribution in [-0.4, -0.2) is 11.6 Å². The number of hydrogen-bond acceptors (Lipinski definition) is 2. The van der Waals surface area contributed by atoms with Gasteiger partial charge < -0.3 is 0 Å². The van der Waals surface area contributed by atoms with Gasteiger partial charge in [-0.15, -0.1) is 0 Å². The van der Waals surface area contributed by atoms with E-state index in [-0.39, 0.29) is 17.1 Å². The summed E-state index contributed by atoms with van der Waals surface area (Å²) in [5.74, 6) is -0.349. The number of carbonyl (C=O) groups is 2. The summed E-state index contributed by atoms with van der Waals surface area (Å²) in [5.41, 5.74) is 3.76. The maximum atomic E-state index is 11.5. The summed E-state index contributed by atoms with van der Waals surface area (Å²) in [6.45, 7) is 7.07. The molecule has 0 amide bonds. The maximum absolute atomic E-state index is 11.5. The lowest BCUT2D eigenvalue weighted by Gasteiger charge is -2.10. The highest BCUT2D eigenvalue weighted by molar-refractivity contribution is 6.21. The molecule has 0 atom stereocenters. The number of hydrogen-bond donors (Lipinski definition) is 0. The van der Waals surface area contributed by atoms with Crippen LogP contribution < -0.4 is 0 Å². The molecule has 0 fully saturated rings. The molecule has 0 radical (unpaired) electrons. The van der Waals surface area contributed by atoms with E-state index >= 15 is 0 Å². The van der Waals surface area contributed by atoms with E-state index in [2.05, 4.69) is 19.9 Å². The predicted octanol–water partition coefficient (Wildman–Crippen LogP) is 3.37. The molecule has 0 bridgehead atoms. The summed E-state index contributed by atoms with van der Waals surface area (Å²) in [4.78, 5) is 22.9. The molecular formula is C16H20O2. The van der Waals surface area contributed by atoms with Crippen LogP contribution in [0.3, 0.4) is 0 Å². The van der Waals surface area contributed by atoms with Crippen molar-refractivity contribution < 1.29 is 9.59 Å². The Labute approximate surface area is 109 Å². The maximum Gasteiger partial charge on any atom is 0.163 e. The third-order valence-electron chi connectivity index (χ3n) is 3.10. The van der Waals surface area contributed by atoms with Gasteiger partial charge in [0, 0.05) is 0 Å². The molecule has 2 heteroatoms. The topological polar surface area (TPSA) is 34.1 Å². The van der Waals surface area contributed by atoms with Crippen LogP contribution in [0.5, 0.6) is 0 Å². The number of allylic oxidation sites excluding steroid dienone is 1. The van der Waals surface area contributed by atoms with Crippen molar-refractivity contribution in [2.75, 3.05) is 0 Å². The van der Waals surface area contributed by atoms with Crippen molar-refractivity contribution in [3.63, 3.8) is 0 Å². The molecule has 0 N–H and O–H groups in total. The first-order valence-electron chi connectivity index (χ1n) is 6.35. The Morgan fingerprint density at radius 1 is 1.06 bits per heavy atom. The summed E-state index contributed by atoms with van der Waals surface area (Å²) in [6.07, 6.45) is 3.59. The Morgan fingerprint density at radius 2 is 1.67 bits per heavy atom. The van der Waals surface area contributed by atoms with E-state index in [9.17, 15) is 9.59 Å². The summed E-state index contributed by atoms with van der Waals surface area (Å²) in [5, 5.41) is 0. The highest BCUT2D eigenvalue weighted by atomic mass is 16.1. The first kappa shape index (κ1) is 14.4. The van der Waals surface area contributed by atoms with Crippen LogP contribution >= 0.6 is 0 Å². The fourth-order valence-corrected chi connectivity index (χ4v) is 2.16. The van der Waals surface area contributed by atoms with Gasteiger partial charge in [0.05, 0.1) is 5.57 Å². The Kier molecular flexibility index (Phi) is 5.02. The number of aryl methyl sites for hydroxylation is 1. The van der Waals surface area contributed by atoms with Gasteiger partial charge in [-0.3, -0.25) is 9.59 Å². The fraction of sp³-hybridized carbons (Fsp3) is 0.375. The third-order valence-corrected chi connectivity index (χ3v) is 3.10. The van der Waals surface area contributed by atoms with Crippen LogP contribution in [0.15, 0.2) is 23.8 Å². The first-order chi connectivity index (χ1) is 8.51. The lowest BCUT2D eigenvalue weighted by Crippen LogP contribution is -2.06. The van der Waals surface area contributed by atoms with Gasteiger partial charge in [-0.2, -0.15) is 0 Å². The van der Waals surface area contributed by atoms with Gasteiger partial charge in [0.25, 0.3) is 0 Å². The standard InChI is InChI=1S/C16H20O2/c1-5-13-8-7-9-14(15(13)6-2)10-16(11(3)17)12(4)18/h7-10H,5-6H2,1-4H3. The Hall–Kier alpha value is -1.70. The van der Waals surface area contributed by atoms with Crippen molar-refractivity contribution in [1.29, 1.82) is 0 Å². The number of ketones is 2. The average molecular weight is 244 g/mol. The van der Waals surface area contributed by atoms with E-state index in [4.69, 9.17) is 0 Å². The van der Waals surface area contributed by atoms with E-state index < -0.39 is 0 Å². The van der Waals surface area contributed by atoms with Gasteiger partial charge in [0.2, 0.25) is 0 Å². The number of rotatable bonds is 5. The second-order valence-electron chi connectivity index (χ2n) is 4.36. The van der Waals surface area contributed by atoms with Crippen molar-refractivity contribution in [2.45, 2.75) is 40.5 Å². The predicted molar refractivity (Wildman–Crippen MR) is 74.5 cm³/mol. The number of benzene rings is 1. The van der Waals surface area contributed by atoms with Crippen molar-refractivity contribution in [1.82, 2.24) is 0 Å². The smallest absolute Gasteiger partial charge is 0.163 e. The molecule has 0 saturated carbocycles. The number of Topliss-reactive ketones (excluding diaryl/α,β-unsaturated/α-hetero) is 2. The molecule has 0 aliphatic carbocycles. The molecule has 0 saturated heterocycles. The summed E-state index contributed by atoms with van der Waals surface area (Å²) < 4.78 is 0. The molecule has 1 rings (SSSR count). The lowest BCUT2D eigenvalue weighted by atomic mass is 9.94. The van der Waals surface area contributed by atoms with Crippen molar-refractivity contribution in [2.24, 2.45) is 0 Å². The van der Waals surface area contributed by atoms with Gasteiger partial charge in [-0.25, -0.2) is 0 Å². The molecule has 0 aromatic heterocycles. The van der Waals surface area contributed by atoms with E-state index in [0.717, 1.165) is 18.4 Å². The van der Waals surface area contributed by atoms with E-state index in [0.29, 0.717) is 0 Å². The van der Waals surface area contributed by atoms with Gasteiger partial charge in [0.15, 0.2) is 11.6 Å². The molecule has 0 spiro atoms. The molecule has 1 aromatic rings. The van der Waals surface area contributed by atoms with Crippen LogP contribution in [0.1, 0.15) is 44.4 Å². The molecule has 0 heterocycles. The average Bonchev–Trinajstić information content (AvgIpc) is 2.34. The minimum absolute atomic E-state index is 0.175. The quantitative estimate of drug-likeness (QED) is 0.452. The van der Waals surface area contributed by atoms with Gasteiger partial charge in [0.1, 0.15) is 0 Å². The Morgan fingerprint density at radius 3 is 2.11 bits per heavy atom. The van der Waals surface area contributed by atoms with Crippen LogP contribution in [0.25, 0.3) is 6.08 Å². The summed E-state index contributed by atoms with van der Waals surface area (Å²) >= 11 is 0. The molecular weight excluding hydrogens is 224 g/mol. The van der Waals surface area contributed by atoms with Crippen LogP contribution in [0.2, 0.25) is 0 Å². The monoisotopic (exact) mass is 244 g/mol. The highest BCUT2D eigenvalue weighted by Gasteiger charge is 2.11. The van der Waals surface area contributed by atoms with Crippen LogP contribution in [0, 0.1) is 0 Å². The zero-order valence-corrected chi connectivity index (χ0v) is 11.5. The van der Waals surface area contributed by atoms with E-state index in [1.807, 2.05) is 12.1 Å². The number of carbonyl (C=O) groups excluding carboxylic acids is 2. The fourth-order valence-electron chi connectivity index (χ4n) is 2.16. The van der Waals surface area contributed by atoms with Crippen LogP contribution in [0.4, 0.5) is 0 Å². The minimum atomic E-state index is -0.175. The largest absolute Gasteiger partial charge is 0.294 e. The highest BCUT2D eigenvalue weighted by Crippen LogP contribution is 2.20. The van der Waals surface area contributed by atoms with Gasteiger partial charge >= 0.3 is 0 Å². The van der Waals surface area contributed by atoms with Crippen LogP contribution in [-0.2, 0) is 22.4 Å². The van der Waals surface area contributed by atoms with Crippen molar-refractivity contribution >= 4 is 17.6 Å². The minimum Gasteiger partial charge on any atom is -0.294 e. The normalized spacial score (nSPS) is 10.0. The first-order valence-corrected chi connectivity index (χ1v) is 6.35. The second kappa shape index (κ2) is 6.29. The Bertz CT molecular complexity index is 480. The van der Waals surface area contributed by atoms with Crippen molar-refractivity contribution in [3.05, 3.63) is 40.5 Å². The summed E-state index contributed by atoms with van der Waals surface area (Å²) in [7, 11) is 0. The van der Waals surface area contributed by atoms with Gasteiger partial charge in [-0.1, -0.05) is 32.0 Å². The lowest BCUT2D eigenvalue weighted by molar-refractivity contribution is -0.119. The zero-order valence-electron chi connectivity index (χ0n) is 11.5. The van der Waals surface area contributed by atoms with Gasteiger partial charge in [-0.05, 0) is 49.5 Å². The van der Waals surface area contributed by atoms with E-state index in [1.165, 1.54) is 25.0 Å². The third kappa shape index (κ3) is 3.16. The second-order valence-corrected chi connectivity index (χ2v) is 4.36. The molecule has 0 aliphatic rings. The molecule has 1 aromatic carbocycles. The molecule has 18 heavy (non-hydrogen) atoms. The molecule has 0 unspecified atom stereocenters. The molecule has 96 valence electrons. The zero-order chi connectivity index (χ0) is 13.7. The molecule has 2 nitrogen and oxygen atoms in total. The van der Waals surface area contributed by atoms with Crippen molar-refractivity contribution in [3.8, 4) is 0 Å². The SMILES string of the molecule is CCc1cccc(C=C(C(C)=O)C(C)=O)c1CC.